The summed E-state index contributed by atoms with van der Waals surface area (Å²) in [5.74, 6) is -6.46. The third-order valence-corrected chi connectivity index (χ3v) is 2.80. The van der Waals surface area contributed by atoms with Crippen LogP contribution in [0.25, 0.3) is 0 Å². The molecular formula is C11H15NO10S. The Bertz CT molecular complexity index is 501. The van der Waals surface area contributed by atoms with Gasteiger partial charge in [-0.2, -0.15) is 0 Å². The first-order valence-electron chi connectivity index (χ1n) is 5.63. The predicted molar refractivity (Wildman–Crippen MR) is 76.2 cm³/mol. The molecule has 0 aromatic heterocycles. The van der Waals surface area contributed by atoms with E-state index in [1.54, 1.807) is 0 Å². The maximum atomic E-state index is 10.2. The van der Waals surface area contributed by atoms with Gasteiger partial charge in [-0.15, -0.1) is 11.8 Å². The lowest BCUT2D eigenvalue weighted by Gasteiger charge is -2.02. The van der Waals surface area contributed by atoms with E-state index in [9.17, 15) is 24.0 Å². The fourth-order valence-electron chi connectivity index (χ4n) is 0.845. The summed E-state index contributed by atoms with van der Waals surface area (Å²) in [7, 11) is 0. The van der Waals surface area contributed by atoms with Crippen LogP contribution in [0.2, 0.25) is 0 Å². The van der Waals surface area contributed by atoms with Crippen molar-refractivity contribution < 1.29 is 49.5 Å². The van der Waals surface area contributed by atoms with Gasteiger partial charge < -0.3 is 31.3 Å². The number of carboxylic acid groups (broad SMARTS) is 5. The maximum absolute atomic E-state index is 10.2. The zero-order valence-electron chi connectivity index (χ0n) is 11.5. The third-order valence-electron chi connectivity index (χ3n) is 1.75. The van der Waals surface area contributed by atoms with E-state index in [-0.39, 0.29) is 11.5 Å². The van der Waals surface area contributed by atoms with Crippen molar-refractivity contribution in [1.29, 1.82) is 0 Å². The summed E-state index contributed by atoms with van der Waals surface area (Å²) in [6.07, 6.45) is -0.446. The number of hydrogen-bond donors (Lipinski definition) is 6. The molecule has 1 atom stereocenters. The molecule has 11 nitrogen and oxygen atoms in total. The molecule has 0 aromatic carbocycles. The molecule has 0 heterocycles. The van der Waals surface area contributed by atoms with Crippen LogP contribution < -0.4 is 5.73 Å². The van der Waals surface area contributed by atoms with Gasteiger partial charge in [0.05, 0.1) is 17.7 Å². The smallest absolute Gasteiger partial charge is 0.332 e. The molecule has 0 radical (unpaired) electrons. The zero-order chi connectivity index (χ0) is 18.6. The first-order valence-corrected chi connectivity index (χ1v) is 6.79. The Morgan fingerprint density at radius 1 is 0.957 bits per heavy atom. The van der Waals surface area contributed by atoms with Gasteiger partial charge in [0.2, 0.25) is 0 Å². The molecule has 0 spiro atoms. The molecule has 130 valence electrons. The Hall–Kier alpha value is -2.60. The Morgan fingerprint density at radius 2 is 1.48 bits per heavy atom. The van der Waals surface area contributed by atoms with Gasteiger partial charge in [0, 0.05) is 11.8 Å². The second-order valence-electron chi connectivity index (χ2n) is 3.74. The van der Waals surface area contributed by atoms with Crippen LogP contribution >= 0.6 is 11.8 Å². The number of rotatable bonds is 9. The van der Waals surface area contributed by atoms with Crippen molar-refractivity contribution in [3.63, 3.8) is 0 Å². The van der Waals surface area contributed by atoms with E-state index in [2.05, 4.69) is 0 Å². The summed E-state index contributed by atoms with van der Waals surface area (Å²) < 4.78 is 0. The fraction of sp³-hybridized carbons (Fsp3) is 0.364. The molecule has 0 fully saturated rings. The monoisotopic (exact) mass is 353 g/mol. The summed E-state index contributed by atoms with van der Waals surface area (Å²) in [5.41, 5.74) is 4.43. The van der Waals surface area contributed by atoms with Crippen molar-refractivity contribution in [2.45, 2.75) is 12.5 Å². The van der Waals surface area contributed by atoms with Crippen LogP contribution in [0.3, 0.4) is 0 Å². The van der Waals surface area contributed by atoms with E-state index >= 15 is 0 Å². The van der Waals surface area contributed by atoms with Crippen molar-refractivity contribution in [2.75, 3.05) is 11.5 Å². The predicted octanol–water partition coefficient (Wildman–Crippen LogP) is -1.23. The number of carboxylic acids is 5. The Kier molecular flexibility index (Phi) is 11.8. The third kappa shape index (κ3) is 15.6. The minimum absolute atomic E-state index is 0.110. The first-order chi connectivity index (χ1) is 10.5. The molecule has 0 unspecified atom stereocenters. The van der Waals surface area contributed by atoms with Gasteiger partial charge in [0.15, 0.2) is 0 Å². The van der Waals surface area contributed by atoms with Gasteiger partial charge in [0.1, 0.15) is 6.04 Å². The minimum Gasteiger partial charge on any atom is -0.481 e. The van der Waals surface area contributed by atoms with Crippen LogP contribution in [0.4, 0.5) is 0 Å². The largest absolute Gasteiger partial charge is 0.481 e. The lowest BCUT2D eigenvalue weighted by Crippen LogP contribution is -2.32. The number of hydrogen-bond acceptors (Lipinski definition) is 7. The molecule has 0 aliphatic heterocycles. The van der Waals surface area contributed by atoms with Gasteiger partial charge in [-0.05, 0) is 0 Å². The second kappa shape index (κ2) is 12.0. The van der Waals surface area contributed by atoms with Crippen LogP contribution in [-0.4, -0.2) is 72.9 Å². The molecular weight excluding hydrogens is 338 g/mol. The summed E-state index contributed by atoms with van der Waals surface area (Å²) in [5, 5.41) is 41.0. The normalized spacial score (nSPS) is 11.6. The van der Waals surface area contributed by atoms with Crippen LogP contribution in [0.15, 0.2) is 11.6 Å². The molecule has 12 heteroatoms. The van der Waals surface area contributed by atoms with E-state index < -0.39 is 47.9 Å². The van der Waals surface area contributed by atoms with Crippen LogP contribution in [0.1, 0.15) is 6.42 Å². The Labute approximate surface area is 133 Å². The zero-order valence-corrected chi connectivity index (χ0v) is 12.4. The van der Waals surface area contributed by atoms with Crippen molar-refractivity contribution in [3.05, 3.63) is 11.6 Å². The van der Waals surface area contributed by atoms with Crippen LogP contribution in [-0.2, 0) is 24.0 Å². The van der Waals surface area contributed by atoms with Crippen LogP contribution in [0.5, 0.6) is 0 Å². The molecule has 7 N–H and O–H groups in total. The highest BCUT2D eigenvalue weighted by atomic mass is 32.2. The highest BCUT2D eigenvalue weighted by Gasteiger charge is 2.13. The quantitative estimate of drug-likeness (QED) is 0.269. The molecule has 0 saturated heterocycles. The molecule has 0 aromatic rings. The van der Waals surface area contributed by atoms with E-state index in [4.69, 9.17) is 31.3 Å². The lowest BCUT2D eigenvalue weighted by atomic mass is 10.2. The van der Waals surface area contributed by atoms with Crippen molar-refractivity contribution in [2.24, 2.45) is 5.73 Å². The number of thioether (sulfide) groups is 1. The molecule has 0 bridgehead atoms. The molecule has 0 aliphatic carbocycles. The second-order valence-corrected chi connectivity index (χ2v) is 4.77. The highest BCUT2D eigenvalue weighted by Crippen LogP contribution is 2.01. The number of nitrogens with two attached hydrogens (primary N) is 1. The van der Waals surface area contributed by atoms with Gasteiger partial charge in [-0.25, -0.2) is 9.59 Å². The van der Waals surface area contributed by atoms with Gasteiger partial charge in [0.25, 0.3) is 0 Å². The summed E-state index contributed by atoms with van der Waals surface area (Å²) in [4.78, 5) is 50.2. The SMILES string of the molecule is N[C@@H](CSCC(=O)O)C(=O)O.O=C(O)/C=C(\CC(=O)O)C(=O)O. The molecule has 0 aliphatic rings. The summed E-state index contributed by atoms with van der Waals surface area (Å²) in [6.45, 7) is 0. The Morgan fingerprint density at radius 3 is 1.78 bits per heavy atom. The standard InChI is InChI=1S/C6H6O6.C5H9NO4S/c7-4(8)1-3(6(11)12)2-5(9)10;6-3(5(9)10)1-11-2-4(7)8/h1H,2H2,(H,7,8)(H,9,10)(H,11,12);3H,1-2,6H2,(H,7,8)(H,9,10)/b3-1+;/t;3-/m.0/s1. The Balaban J connectivity index is 0. The molecule has 23 heavy (non-hydrogen) atoms. The lowest BCUT2D eigenvalue weighted by molar-refractivity contribution is -0.140. The first kappa shape index (κ1) is 22.7. The fourth-order valence-corrected chi connectivity index (χ4v) is 1.53. The average Bonchev–Trinajstić information content (AvgIpc) is 2.36. The van der Waals surface area contributed by atoms with Crippen LogP contribution in [0, 0.1) is 0 Å². The summed E-state index contributed by atoms with van der Waals surface area (Å²) >= 11 is 0.992. The van der Waals surface area contributed by atoms with Gasteiger partial charge in [-0.1, -0.05) is 0 Å². The number of aliphatic carboxylic acids is 5. The average molecular weight is 353 g/mol. The topological polar surface area (TPSA) is 213 Å². The molecule has 0 saturated carbocycles. The van der Waals surface area contributed by atoms with Gasteiger partial charge in [-0.3, -0.25) is 14.4 Å². The van der Waals surface area contributed by atoms with Crippen molar-refractivity contribution >= 4 is 41.6 Å². The van der Waals surface area contributed by atoms with Crippen molar-refractivity contribution in [1.82, 2.24) is 0 Å². The molecule has 0 amide bonds. The number of carbonyl (C=O) groups is 5. The summed E-state index contributed by atoms with van der Waals surface area (Å²) in [6, 6.07) is -0.973. The van der Waals surface area contributed by atoms with E-state index in [1.807, 2.05) is 0 Å². The minimum atomic E-state index is -1.54. The van der Waals surface area contributed by atoms with Crippen molar-refractivity contribution in [3.8, 4) is 0 Å². The highest BCUT2D eigenvalue weighted by molar-refractivity contribution is 8.00. The van der Waals surface area contributed by atoms with E-state index in [1.165, 1.54) is 0 Å². The molecule has 0 rings (SSSR count). The van der Waals surface area contributed by atoms with E-state index in [0.717, 1.165) is 11.8 Å². The van der Waals surface area contributed by atoms with E-state index in [0.29, 0.717) is 6.08 Å². The maximum Gasteiger partial charge on any atom is 0.332 e. The van der Waals surface area contributed by atoms with Gasteiger partial charge >= 0.3 is 29.8 Å².